The lowest BCUT2D eigenvalue weighted by atomic mass is 10.0. The average molecular weight is 186 g/mol. The van der Waals surface area contributed by atoms with E-state index in [0.717, 1.165) is 6.42 Å². The molecule has 0 saturated heterocycles. The maximum atomic E-state index is 11.5. The lowest BCUT2D eigenvalue weighted by molar-refractivity contribution is -0.123. The fraction of sp³-hybridized carbons (Fsp3) is 0.900. The molecule has 0 fully saturated rings. The van der Waals surface area contributed by atoms with Crippen molar-refractivity contribution < 1.29 is 4.79 Å². The van der Waals surface area contributed by atoms with Crippen molar-refractivity contribution in [3.8, 4) is 0 Å². The topological polar surface area (TPSA) is 41.1 Å². The second-order valence-electron chi connectivity index (χ2n) is 4.13. The van der Waals surface area contributed by atoms with Gasteiger partial charge in [0.05, 0.1) is 6.04 Å². The number of hydrogen-bond acceptors (Lipinski definition) is 2. The largest absolute Gasteiger partial charge is 0.353 e. The third-order valence-electron chi connectivity index (χ3n) is 1.80. The molecule has 0 aromatic rings. The molecule has 13 heavy (non-hydrogen) atoms. The second kappa shape index (κ2) is 5.97. The SMILES string of the molecule is CNC(CC(C)C)C(=O)NC(C)C. The molecule has 0 radical (unpaired) electrons. The second-order valence-corrected chi connectivity index (χ2v) is 4.13. The zero-order chi connectivity index (χ0) is 10.4. The van der Waals surface area contributed by atoms with E-state index in [0.29, 0.717) is 5.92 Å². The number of rotatable bonds is 5. The lowest BCUT2D eigenvalue weighted by Gasteiger charge is -2.19. The molecule has 78 valence electrons. The maximum absolute atomic E-state index is 11.5. The van der Waals surface area contributed by atoms with E-state index in [-0.39, 0.29) is 18.0 Å². The van der Waals surface area contributed by atoms with E-state index in [9.17, 15) is 4.79 Å². The molecule has 2 N–H and O–H groups in total. The van der Waals surface area contributed by atoms with Crippen LogP contribution in [0.2, 0.25) is 0 Å². The summed E-state index contributed by atoms with van der Waals surface area (Å²) in [6.07, 6.45) is 0.884. The van der Waals surface area contributed by atoms with Gasteiger partial charge < -0.3 is 10.6 Å². The number of likely N-dealkylation sites (N-methyl/N-ethyl adjacent to an activating group) is 1. The number of carbonyl (C=O) groups is 1. The van der Waals surface area contributed by atoms with Gasteiger partial charge in [0.2, 0.25) is 5.91 Å². The molecule has 0 aliphatic rings. The Balaban J connectivity index is 3.99. The number of nitrogens with one attached hydrogen (secondary N) is 2. The first-order chi connectivity index (χ1) is 5.97. The standard InChI is InChI=1S/C10H22N2O/c1-7(2)6-9(11-5)10(13)12-8(3)4/h7-9,11H,6H2,1-5H3,(H,12,13). The molecule has 0 aliphatic carbocycles. The highest BCUT2D eigenvalue weighted by Gasteiger charge is 2.17. The Bertz CT molecular complexity index is 155. The summed E-state index contributed by atoms with van der Waals surface area (Å²) in [5.41, 5.74) is 0. The molecule has 0 aromatic heterocycles. The van der Waals surface area contributed by atoms with Crippen molar-refractivity contribution in [3.63, 3.8) is 0 Å². The van der Waals surface area contributed by atoms with Gasteiger partial charge in [0.15, 0.2) is 0 Å². The molecule has 3 heteroatoms. The Morgan fingerprint density at radius 2 is 1.77 bits per heavy atom. The zero-order valence-electron chi connectivity index (χ0n) is 9.35. The van der Waals surface area contributed by atoms with Crippen molar-refractivity contribution in [3.05, 3.63) is 0 Å². The third-order valence-corrected chi connectivity index (χ3v) is 1.80. The molecule has 0 heterocycles. The van der Waals surface area contributed by atoms with Crippen molar-refractivity contribution in [2.45, 2.75) is 46.2 Å². The van der Waals surface area contributed by atoms with E-state index in [1.807, 2.05) is 20.9 Å². The lowest BCUT2D eigenvalue weighted by Crippen LogP contribution is -2.45. The van der Waals surface area contributed by atoms with E-state index in [1.165, 1.54) is 0 Å². The van der Waals surface area contributed by atoms with Crippen molar-refractivity contribution in [2.24, 2.45) is 5.92 Å². The monoisotopic (exact) mass is 186 g/mol. The molecule has 1 atom stereocenters. The van der Waals surface area contributed by atoms with Gasteiger partial charge in [0.1, 0.15) is 0 Å². The quantitative estimate of drug-likeness (QED) is 0.676. The first kappa shape index (κ1) is 12.4. The number of hydrogen-bond donors (Lipinski definition) is 2. The molecule has 1 amide bonds. The molecule has 0 saturated carbocycles. The summed E-state index contributed by atoms with van der Waals surface area (Å²) < 4.78 is 0. The molecule has 1 unspecified atom stereocenters. The highest BCUT2D eigenvalue weighted by Crippen LogP contribution is 2.04. The molecule has 0 bridgehead atoms. The minimum atomic E-state index is -0.0533. The smallest absolute Gasteiger partial charge is 0.237 e. The van der Waals surface area contributed by atoms with Crippen molar-refractivity contribution in [1.29, 1.82) is 0 Å². The van der Waals surface area contributed by atoms with Gasteiger partial charge in [-0.25, -0.2) is 0 Å². The van der Waals surface area contributed by atoms with Gasteiger partial charge >= 0.3 is 0 Å². The Labute approximate surface area is 81.3 Å². The van der Waals surface area contributed by atoms with Crippen LogP contribution >= 0.6 is 0 Å². The van der Waals surface area contributed by atoms with Crippen LogP contribution in [0.3, 0.4) is 0 Å². The Kier molecular flexibility index (Phi) is 5.71. The summed E-state index contributed by atoms with van der Waals surface area (Å²) in [6.45, 7) is 8.18. The molecule has 0 spiro atoms. The Morgan fingerprint density at radius 3 is 2.08 bits per heavy atom. The fourth-order valence-corrected chi connectivity index (χ4v) is 1.21. The van der Waals surface area contributed by atoms with Gasteiger partial charge in [0, 0.05) is 6.04 Å². The van der Waals surface area contributed by atoms with Crippen LogP contribution in [0, 0.1) is 5.92 Å². The molecule has 0 rings (SSSR count). The average Bonchev–Trinajstić information content (AvgIpc) is 1.98. The minimum absolute atomic E-state index is 0.0533. The minimum Gasteiger partial charge on any atom is -0.353 e. The van der Waals surface area contributed by atoms with Crippen LogP contribution in [0.25, 0.3) is 0 Å². The normalized spacial score (nSPS) is 13.5. The van der Waals surface area contributed by atoms with Crippen LogP contribution in [0.5, 0.6) is 0 Å². The number of carbonyl (C=O) groups excluding carboxylic acids is 1. The van der Waals surface area contributed by atoms with Gasteiger partial charge in [0.25, 0.3) is 0 Å². The van der Waals surface area contributed by atoms with Gasteiger partial charge in [-0.05, 0) is 33.2 Å². The van der Waals surface area contributed by atoms with Gasteiger partial charge in [-0.15, -0.1) is 0 Å². The highest BCUT2D eigenvalue weighted by molar-refractivity contribution is 5.81. The van der Waals surface area contributed by atoms with Gasteiger partial charge in [-0.1, -0.05) is 13.8 Å². The summed E-state index contributed by atoms with van der Waals surface area (Å²) in [5.74, 6) is 0.640. The Morgan fingerprint density at radius 1 is 1.23 bits per heavy atom. The molecular formula is C10H22N2O. The van der Waals surface area contributed by atoms with E-state index in [4.69, 9.17) is 0 Å². The maximum Gasteiger partial charge on any atom is 0.237 e. The van der Waals surface area contributed by atoms with Crippen molar-refractivity contribution in [2.75, 3.05) is 7.05 Å². The first-order valence-corrected chi connectivity index (χ1v) is 4.95. The van der Waals surface area contributed by atoms with Crippen molar-refractivity contribution in [1.82, 2.24) is 10.6 Å². The predicted octanol–water partition coefficient (Wildman–Crippen LogP) is 1.15. The van der Waals surface area contributed by atoms with Gasteiger partial charge in [-0.3, -0.25) is 4.79 Å². The highest BCUT2D eigenvalue weighted by atomic mass is 16.2. The molecule has 3 nitrogen and oxygen atoms in total. The fourth-order valence-electron chi connectivity index (χ4n) is 1.21. The van der Waals surface area contributed by atoms with Crippen molar-refractivity contribution >= 4 is 5.91 Å². The van der Waals surface area contributed by atoms with E-state index < -0.39 is 0 Å². The number of amides is 1. The summed E-state index contributed by atoms with van der Waals surface area (Å²) in [4.78, 5) is 11.5. The van der Waals surface area contributed by atoms with Crippen LogP contribution in [0.15, 0.2) is 0 Å². The summed E-state index contributed by atoms with van der Waals surface area (Å²) in [7, 11) is 1.83. The van der Waals surface area contributed by atoms with Crippen LogP contribution in [-0.4, -0.2) is 25.0 Å². The molecular weight excluding hydrogens is 164 g/mol. The zero-order valence-corrected chi connectivity index (χ0v) is 9.35. The van der Waals surface area contributed by atoms with E-state index >= 15 is 0 Å². The Hall–Kier alpha value is -0.570. The predicted molar refractivity (Wildman–Crippen MR) is 55.6 cm³/mol. The molecule has 0 aromatic carbocycles. The van der Waals surface area contributed by atoms with Crippen LogP contribution in [-0.2, 0) is 4.79 Å². The summed E-state index contributed by atoms with van der Waals surface area (Å²) in [5, 5.41) is 5.92. The molecule has 0 aliphatic heterocycles. The van der Waals surface area contributed by atoms with Gasteiger partial charge in [-0.2, -0.15) is 0 Å². The van der Waals surface area contributed by atoms with Crippen LogP contribution < -0.4 is 10.6 Å². The third kappa shape index (κ3) is 5.64. The summed E-state index contributed by atoms with van der Waals surface area (Å²) >= 11 is 0. The van der Waals surface area contributed by atoms with E-state index in [2.05, 4.69) is 24.5 Å². The van der Waals surface area contributed by atoms with Crippen LogP contribution in [0.4, 0.5) is 0 Å². The summed E-state index contributed by atoms with van der Waals surface area (Å²) in [6, 6.07) is 0.165. The van der Waals surface area contributed by atoms with Crippen LogP contribution in [0.1, 0.15) is 34.1 Å². The first-order valence-electron chi connectivity index (χ1n) is 4.95. The van der Waals surface area contributed by atoms with E-state index in [1.54, 1.807) is 0 Å².